The predicted molar refractivity (Wildman–Crippen MR) is 122 cm³/mol. The summed E-state index contributed by atoms with van der Waals surface area (Å²) >= 11 is 0. The largest absolute Gasteiger partial charge is 0.497 e. The van der Waals surface area contributed by atoms with Crippen LogP contribution in [0, 0.1) is 25.2 Å². The van der Waals surface area contributed by atoms with E-state index in [1.165, 1.54) is 0 Å². The lowest BCUT2D eigenvalue weighted by Crippen LogP contribution is -2.01. The zero-order chi connectivity index (χ0) is 21.1. The molecule has 4 aromatic rings. The molecule has 0 atom stereocenters. The third kappa shape index (κ3) is 3.76. The van der Waals surface area contributed by atoms with Crippen LogP contribution in [0.15, 0.2) is 54.7 Å². The summed E-state index contributed by atoms with van der Waals surface area (Å²) in [7, 11) is 1.65. The van der Waals surface area contributed by atoms with Gasteiger partial charge in [0.25, 0.3) is 0 Å². The number of nitrogens with zero attached hydrogens (tertiary/aromatic N) is 2. The predicted octanol–water partition coefficient (Wildman–Crippen LogP) is 5.97. The molecule has 148 valence electrons. The highest BCUT2D eigenvalue weighted by molar-refractivity contribution is 5.89. The molecule has 0 saturated heterocycles. The van der Waals surface area contributed by atoms with E-state index in [-0.39, 0.29) is 0 Å². The molecule has 0 radical (unpaired) electrons. The van der Waals surface area contributed by atoms with Gasteiger partial charge in [0, 0.05) is 28.5 Å². The van der Waals surface area contributed by atoms with Gasteiger partial charge in [-0.25, -0.2) is 4.98 Å². The quantitative estimate of drug-likeness (QED) is 0.437. The lowest BCUT2D eigenvalue weighted by Gasteiger charge is -2.13. The zero-order valence-electron chi connectivity index (χ0n) is 17.2. The van der Waals surface area contributed by atoms with Crippen LogP contribution in [0.3, 0.4) is 0 Å². The van der Waals surface area contributed by atoms with E-state index in [4.69, 9.17) is 4.74 Å². The van der Waals surface area contributed by atoms with Gasteiger partial charge in [-0.05, 0) is 66.9 Å². The Hall–Kier alpha value is -4.04. The molecule has 0 amide bonds. The molecular formula is C25H22N4O. The number of aromatic amines is 1. The Bertz CT molecular complexity index is 1280. The van der Waals surface area contributed by atoms with E-state index in [1.54, 1.807) is 7.11 Å². The zero-order valence-corrected chi connectivity index (χ0v) is 17.2. The Morgan fingerprint density at radius 3 is 2.60 bits per heavy atom. The number of hydrogen-bond acceptors (Lipinski definition) is 4. The Morgan fingerprint density at radius 1 is 1.07 bits per heavy atom. The average molecular weight is 394 g/mol. The summed E-state index contributed by atoms with van der Waals surface area (Å²) in [5.74, 6) is 1.38. The lowest BCUT2D eigenvalue weighted by molar-refractivity contribution is 0.415. The summed E-state index contributed by atoms with van der Waals surface area (Å²) in [6.07, 6.45) is 5.90. The Kier molecular flexibility index (Phi) is 5.23. The van der Waals surface area contributed by atoms with Gasteiger partial charge in [-0.2, -0.15) is 5.26 Å². The van der Waals surface area contributed by atoms with Crippen molar-refractivity contribution in [1.82, 2.24) is 9.97 Å². The maximum absolute atomic E-state index is 9.69. The molecule has 2 aromatic carbocycles. The van der Waals surface area contributed by atoms with Crippen LogP contribution >= 0.6 is 0 Å². The van der Waals surface area contributed by atoms with E-state index in [0.29, 0.717) is 11.4 Å². The molecule has 2 N–H and O–H groups in total. The molecule has 0 fully saturated rings. The van der Waals surface area contributed by atoms with Gasteiger partial charge in [0.1, 0.15) is 17.6 Å². The van der Waals surface area contributed by atoms with Crippen molar-refractivity contribution in [1.29, 1.82) is 5.26 Å². The van der Waals surface area contributed by atoms with E-state index >= 15 is 0 Å². The molecule has 0 aliphatic carbocycles. The highest BCUT2D eigenvalue weighted by atomic mass is 16.5. The molecule has 2 aromatic heterocycles. The molecule has 5 nitrogen and oxygen atoms in total. The van der Waals surface area contributed by atoms with E-state index in [9.17, 15) is 5.26 Å². The highest BCUT2D eigenvalue weighted by Gasteiger charge is 2.11. The van der Waals surface area contributed by atoms with Crippen LogP contribution in [0.2, 0.25) is 0 Å². The van der Waals surface area contributed by atoms with Crippen LogP contribution in [0.1, 0.15) is 27.9 Å². The van der Waals surface area contributed by atoms with Crippen molar-refractivity contribution >= 4 is 34.6 Å². The Morgan fingerprint density at radius 2 is 1.87 bits per heavy atom. The summed E-state index contributed by atoms with van der Waals surface area (Å²) in [6, 6.07) is 18.0. The van der Waals surface area contributed by atoms with E-state index in [0.717, 1.165) is 44.7 Å². The molecule has 0 bridgehead atoms. The monoisotopic (exact) mass is 394 g/mol. The first-order valence-corrected chi connectivity index (χ1v) is 9.66. The van der Waals surface area contributed by atoms with E-state index in [1.807, 2.05) is 73.8 Å². The number of fused-ring (bicyclic) bond motifs is 1. The number of H-pyrrole nitrogens is 1. The van der Waals surface area contributed by atoms with Crippen molar-refractivity contribution in [3.63, 3.8) is 0 Å². The van der Waals surface area contributed by atoms with Gasteiger partial charge >= 0.3 is 0 Å². The topological polar surface area (TPSA) is 73.7 Å². The van der Waals surface area contributed by atoms with Gasteiger partial charge in [0.15, 0.2) is 0 Å². The Balaban J connectivity index is 1.63. The maximum atomic E-state index is 9.69. The van der Waals surface area contributed by atoms with Crippen LogP contribution in [0.25, 0.3) is 23.1 Å². The molecule has 0 aliphatic rings. The number of pyridine rings is 1. The normalized spacial score (nSPS) is 11.0. The third-order valence-electron chi connectivity index (χ3n) is 5.20. The van der Waals surface area contributed by atoms with Crippen LogP contribution < -0.4 is 10.1 Å². The fourth-order valence-corrected chi connectivity index (χ4v) is 3.42. The molecule has 5 heteroatoms. The highest BCUT2D eigenvalue weighted by Crippen LogP contribution is 2.29. The molecule has 4 rings (SSSR count). The van der Waals surface area contributed by atoms with Gasteiger partial charge in [0.2, 0.25) is 0 Å². The number of nitrogens with one attached hydrogen (secondary N) is 2. The number of rotatable bonds is 5. The number of ether oxygens (including phenoxy) is 1. The summed E-state index contributed by atoms with van der Waals surface area (Å²) in [4.78, 5) is 7.89. The molecule has 0 unspecified atom stereocenters. The number of hydrogen-bond donors (Lipinski definition) is 2. The van der Waals surface area contributed by atoms with Crippen molar-refractivity contribution in [2.45, 2.75) is 13.8 Å². The smallest absolute Gasteiger partial charge is 0.148 e. The number of aryl methyl sites for hydroxylation is 2. The minimum absolute atomic E-state index is 0.503. The SMILES string of the molecule is COc1ccc(/C=C/c2cc(C#N)c(Nc3ccc4[nH]ccc4c3C)nc2C)cc1. The second-order valence-corrected chi connectivity index (χ2v) is 7.08. The maximum Gasteiger partial charge on any atom is 0.148 e. The minimum atomic E-state index is 0.503. The number of nitriles is 1. The van der Waals surface area contributed by atoms with Crippen molar-refractivity contribution in [2.75, 3.05) is 12.4 Å². The standard InChI is InChI=1S/C25H22N4O/c1-16-22-12-13-27-24(22)11-10-23(16)29-25-20(15-26)14-19(17(2)28-25)7-4-18-5-8-21(30-3)9-6-18/h4-14,27H,1-3H3,(H,28,29)/b7-4+. The molecular weight excluding hydrogens is 372 g/mol. The minimum Gasteiger partial charge on any atom is -0.497 e. The van der Waals surface area contributed by atoms with Crippen LogP contribution in [0.4, 0.5) is 11.5 Å². The summed E-state index contributed by atoms with van der Waals surface area (Å²) in [6.45, 7) is 4.01. The van der Waals surface area contributed by atoms with Crippen molar-refractivity contribution in [2.24, 2.45) is 0 Å². The second-order valence-electron chi connectivity index (χ2n) is 7.08. The average Bonchev–Trinajstić information content (AvgIpc) is 3.25. The first-order valence-electron chi connectivity index (χ1n) is 9.66. The molecule has 0 spiro atoms. The van der Waals surface area contributed by atoms with Gasteiger partial charge < -0.3 is 15.0 Å². The number of benzene rings is 2. The first kappa shape index (κ1) is 19.3. The third-order valence-corrected chi connectivity index (χ3v) is 5.20. The molecule has 0 saturated carbocycles. The lowest BCUT2D eigenvalue weighted by atomic mass is 10.1. The molecule has 30 heavy (non-hydrogen) atoms. The van der Waals surface area contributed by atoms with Gasteiger partial charge in [-0.3, -0.25) is 0 Å². The van der Waals surface area contributed by atoms with Gasteiger partial charge in [-0.15, -0.1) is 0 Å². The summed E-state index contributed by atoms with van der Waals surface area (Å²) in [5.41, 5.74) is 6.44. The number of anilines is 2. The summed E-state index contributed by atoms with van der Waals surface area (Å²) < 4.78 is 5.19. The second kappa shape index (κ2) is 8.14. The molecule has 0 aliphatic heterocycles. The van der Waals surface area contributed by atoms with Crippen molar-refractivity contribution < 1.29 is 4.74 Å². The van der Waals surface area contributed by atoms with E-state index in [2.05, 4.69) is 28.3 Å². The number of methoxy groups -OCH3 is 1. The summed E-state index contributed by atoms with van der Waals surface area (Å²) in [5, 5.41) is 14.2. The van der Waals surface area contributed by atoms with Crippen molar-refractivity contribution in [3.05, 3.63) is 82.7 Å². The number of aromatic nitrogens is 2. The van der Waals surface area contributed by atoms with Crippen LogP contribution in [0.5, 0.6) is 5.75 Å². The van der Waals surface area contributed by atoms with Crippen LogP contribution in [-0.4, -0.2) is 17.1 Å². The van der Waals surface area contributed by atoms with E-state index < -0.39 is 0 Å². The fraction of sp³-hybridized carbons (Fsp3) is 0.120. The first-order chi connectivity index (χ1) is 14.6. The molecule has 2 heterocycles. The Labute approximate surface area is 175 Å². The van der Waals surface area contributed by atoms with Crippen molar-refractivity contribution in [3.8, 4) is 11.8 Å². The fourth-order valence-electron chi connectivity index (χ4n) is 3.42. The van der Waals surface area contributed by atoms with Gasteiger partial charge in [0.05, 0.1) is 12.7 Å². The van der Waals surface area contributed by atoms with Gasteiger partial charge in [-0.1, -0.05) is 24.3 Å². The van der Waals surface area contributed by atoms with Crippen LogP contribution in [-0.2, 0) is 0 Å².